The van der Waals surface area contributed by atoms with Crippen LogP contribution in [-0.4, -0.2) is 22.8 Å². The zero-order valence-corrected chi connectivity index (χ0v) is 17.3. The van der Waals surface area contributed by atoms with Crippen molar-refractivity contribution in [2.75, 3.05) is 0 Å². The molecule has 5 nitrogen and oxygen atoms in total. The van der Waals surface area contributed by atoms with Crippen LogP contribution < -0.4 is 10.6 Å². The molecule has 0 radical (unpaired) electrons. The smallest absolute Gasteiger partial charge is 0.253 e. The Hall–Kier alpha value is -3.08. The van der Waals surface area contributed by atoms with E-state index < -0.39 is 0 Å². The molecule has 3 N–H and O–H groups in total. The Morgan fingerprint density at radius 1 is 1.03 bits per heavy atom. The first-order valence-corrected chi connectivity index (χ1v) is 10.9. The molecule has 2 amide bonds. The molecule has 2 aromatic carbocycles. The molecular formula is C25H27N3O2. The van der Waals surface area contributed by atoms with Gasteiger partial charge in [0.25, 0.3) is 11.8 Å². The minimum absolute atomic E-state index is 0.0233. The van der Waals surface area contributed by atoms with Gasteiger partial charge in [0.05, 0.1) is 11.1 Å². The van der Waals surface area contributed by atoms with E-state index in [2.05, 4.69) is 28.6 Å². The number of H-pyrrole nitrogens is 1. The van der Waals surface area contributed by atoms with E-state index >= 15 is 0 Å². The molecule has 2 aliphatic carbocycles. The van der Waals surface area contributed by atoms with E-state index in [0.29, 0.717) is 29.6 Å². The average Bonchev–Trinajstić information content (AvgIpc) is 3.50. The van der Waals surface area contributed by atoms with Crippen molar-refractivity contribution in [1.29, 1.82) is 0 Å². The molecular weight excluding hydrogens is 374 g/mol. The first-order chi connectivity index (χ1) is 14.6. The summed E-state index contributed by atoms with van der Waals surface area (Å²) in [5.41, 5.74) is 5.92. The predicted molar refractivity (Wildman–Crippen MR) is 118 cm³/mol. The number of aromatic amines is 1. The fourth-order valence-electron chi connectivity index (χ4n) is 4.35. The lowest BCUT2D eigenvalue weighted by atomic mass is 9.87. The number of amides is 2. The Labute approximate surface area is 176 Å². The van der Waals surface area contributed by atoms with Crippen LogP contribution in [0, 0.1) is 5.92 Å². The second-order valence-corrected chi connectivity index (χ2v) is 8.79. The summed E-state index contributed by atoms with van der Waals surface area (Å²) in [6, 6.07) is 13.8. The summed E-state index contributed by atoms with van der Waals surface area (Å²) in [4.78, 5) is 28.5. The summed E-state index contributed by atoms with van der Waals surface area (Å²) >= 11 is 0. The third-order valence-corrected chi connectivity index (χ3v) is 6.30. The van der Waals surface area contributed by atoms with Gasteiger partial charge in [-0.3, -0.25) is 9.59 Å². The molecule has 1 atom stereocenters. The van der Waals surface area contributed by atoms with Gasteiger partial charge in [0.1, 0.15) is 0 Å². The van der Waals surface area contributed by atoms with Crippen LogP contribution in [0.2, 0.25) is 0 Å². The number of aromatic nitrogens is 1. The highest BCUT2D eigenvalue weighted by Gasteiger charge is 2.24. The van der Waals surface area contributed by atoms with Gasteiger partial charge in [-0.25, -0.2) is 0 Å². The van der Waals surface area contributed by atoms with Gasteiger partial charge in [-0.1, -0.05) is 31.2 Å². The summed E-state index contributed by atoms with van der Waals surface area (Å²) in [5, 5.41) is 7.19. The molecule has 0 aliphatic heterocycles. The molecule has 5 heteroatoms. The topological polar surface area (TPSA) is 74.0 Å². The van der Waals surface area contributed by atoms with Gasteiger partial charge in [-0.15, -0.1) is 0 Å². The van der Waals surface area contributed by atoms with Crippen LogP contribution in [0.4, 0.5) is 0 Å². The normalized spacial score (nSPS) is 18.1. The maximum absolute atomic E-state index is 12.9. The van der Waals surface area contributed by atoms with Gasteiger partial charge >= 0.3 is 0 Å². The second-order valence-electron chi connectivity index (χ2n) is 8.79. The highest BCUT2D eigenvalue weighted by atomic mass is 16.2. The number of hydrogen-bond donors (Lipinski definition) is 3. The summed E-state index contributed by atoms with van der Waals surface area (Å²) in [5.74, 6) is 0.580. The predicted octanol–water partition coefficient (Wildman–Crippen LogP) is 4.11. The van der Waals surface area contributed by atoms with Gasteiger partial charge in [-0.2, -0.15) is 0 Å². The van der Waals surface area contributed by atoms with Crippen molar-refractivity contribution in [2.45, 2.75) is 51.6 Å². The summed E-state index contributed by atoms with van der Waals surface area (Å²) in [7, 11) is 0. The molecule has 0 saturated heterocycles. The minimum atomic E-state index is -0.0807. The number of carbonyl (C=O) groups is 2. The van der Waals surface area contributed by atoms with E-state index in [1.54, 1.807) is 0 Å². The van der Waals surface area contributed by atoms with Crippen LogP contribution >= 0.6 is 0 Å². The molecule has 5 rings (SSSR count). The quantitative estimate of drug-likeness (QED) is 0.602. The lowest BCUT2D eigenvalue weighted by Crippen LogP contribution is -2.25. The summed E-state index contributed by atoms with van der Waals surface area (Å²) in [6.45, 7) is 2.72. The maximum Gasteiger partial charge on any atom is 0.253 e. The van der Waals surface area contributed by atoms with Crippen molar-refractivity contribution in [3.05, 3.63) is 70.4 Å². The molecule has 2 aliphatic rings. The first kappa shape index (κ1) is 18.9. The number of fused-ring (bicyclic) bond motifs is 3. The number of para-hydroxylation sites is 1. The Bertz CT molecular complexity index is 1110. The van der Waals surface area contributed by atoms with E-state index in [-0.39, 0.29) is 11.8 Å². The van der Waals surface area contributed by atoms with E-state index in [1.165, 1.54) is 23.1 Å². The zero-order valence-electron chi connectivity index (χ0n) is 17.3. The largest absolute Gasteiger partial charge is 0.358 e. The van der Waals surface area contributed by atoms with Gasteiger partial charge in [0, 0.05) is 29.2 Å². The minimum Gasteiger partial charge on any atom is -0.358 e. The number of carbonyl (C=O) groups excluding carboxylic acids is 2. The van der Waals surface area contributed by atoms with E-state index in [0.717, 1.165) is 36.8 Å². The fraction of sp³-hybridized carbons (Fsp3) is 0.360. The van der Waals surface area contributed by atoms with Crippen LogP contribution in [0.1, 0.15) is 63.7 Å². The Kier molecular flexibility index (Phi) is 4.81. The molecule has 1 unspecified atom stereocenters. The van der Waals surface area contributed by atoms with Crippen LogP contribution in [0.5, 0.6) is 0 Å². The van der Waals surface area contributed by atoms with Crippen LogP contribution in [-0.2, 0) is 19.4 Å². The lowest BCUT2D eigenvalue weighted by molar-refractivity contribution is 0.0942. The summed E-state index contributed by atoms with van der Waals surface area (Å²) in [6.07, 6.45) is 5.46. The molecule has 30 heavy (non-hydrogen) atoms. The lowest BCUT2D eigenvalue weighted by Gasteiger charge is -2.17. The van der Waals surface area contributed by atoms with Crippen molar-refractivity contribution < 1.29 is 9.59 Å². The van der Waals surface area contributed by atoms with E-state index in [4.69, 9.17) is 0 Å². The van der Waals surface area contributed by atoms with Gasteiger partial charge < -0.3 is 15.6 Å². The van der Waals surface area contributed by atoms with Crippen LogP contribution in [0.25, 0.3) is 10.9 Å². The Morgan fingerprint density at radius 2 is 1.83 bits per heavy atom. The highest BCUT2D eigenvalue weighted by molar-refractivity contribution is 6.06. The standard InChI is InChI=1S/C25H27N3O2/c1-15-5-12-22-21(13-15)19-3-2-4-20(23(19)28-22)25(30)26-14-16-6-8-17(9-7-16)24(29)27-18-10-11-18/h2-4,6-9,15,18,28H,5,10-14H2,1H3,(H,26,30)(H,27,29). The molecule has 1 fully saturated rings. The third-order valence-electron chi connectivity index (χ3n) is 6.30. The van der Waals surface area contributed by atoms with Gasteiger partial charge in [0.15, 0.2) is 0 Å². The van der Waals surface area contributed by atoms with Crippen molar-refractivity contribution >= 4 is 22.7 Å². The Morgan fingerprint density at radius 3 is 2.60 bits per heavy atom. The zero-order chi connectivity index (χ0) is 20.7. The van der Waals surface area contributed by atoms with Crippen molar-refractivity contribution in [3.8, 4) is 0 Å². The second kappa shape index (κ2) is 7.63. The number of rotatable bonds is 5. The molecule has 1 saturated carbocycles. The van der Waals surface area contributed by atoms with Crippen LogP contribution in [0.15, 0.2) is 42.5 Å². The monoisotopic (exact) mass is 401 g/mol. The highest BCUT2D eigenvalue weighted by Crippen LogP contribution is 2.33. The average molecular weight is 402 g/mol. The molecule has 1 heterocycles. The van der Waals surface area contributed by atoms with Crippen molar-refractivity contribution in [1.82, 2.24) is 15.6 Å². The fourth-order valence-corrected chi connectivity index (χ4v) is 4.35. The third kappa shape index (κ3) is 3.72. The number of nitrogens with one attached hydrogen (secondary N) is 3. The number of hydrogen-bond acceptors (Lipinski definition) is 2. The van der Waals surface area contributed by atoms with E-state index in [9.17, 15) is 9.59 Å². The molecule has 0 bridgehead atoms. The summed E-state index contributed by atoms with van der Waals surface area (Å²) < 4.78 is 0. The van der Waals surface area contributed by atoms with Gasteiger partial charge in [0.2, 0.25) is 0 Å². The van der Waals surface area contributed by atoms with Gasteiger partial charge in [-0.05, 0) is 67.3 Å². The first-order valence-electron chi connectivity index (χ1n) is 10.9. The van der Waals surface area contributed by atoms with Crippen molar-refractivity contribution in [3.63, 3.8) is 0 Å². The number of benzene rings is 2. The SMILES string of the molecule is CC1CCc2[nH]c3c(C(=O)NCc4ccc(C(=O)NC5CC5)cc4)cccc3c2C1. The van der Waals surface area contributed by atoms with E-state index in [1.807, 2.05) is 36.4 Å². The molecule has 0 spiro atoms. The molecule has 1 aromatic heterocycles. The maximum atomic E-state index is 12.9. The van der Waals surface area contributed by atoms with Crippen molar-refractivity contribution in [2.24, 2.45) is 5.92 Å². The molecule has 154 valence electrons. The van der Waals surface area contributed by atoms with Crippen LogP contribution in [0.3, 0.4) is 0 Å². The Balaban J connectivity index is 1.29. The molecule has 3 aromatic rings. The number of aryl methyl sites for hydroxylation is 1.